The Hall–Kier alpha value is -2.69. The summed E-state index contributed by atoms with van der Waals surface area (Å²) in [6, 6.07) is 13.4. The van der Waals surface area contributed by atoms with Crippen LogP contribution in [0.25, 0.3) is 0 Å². The first-order valence-electron chi connectivity index (χ1n) is 10.6. The molecule has 0 aromatic heterocycles. The number of halogens is 1. The van der Waals surface area contributed by atoms with Gasteiger partial charge in [0.25, 0.3) is 0 Å². The maximum absolute atomic E-state index is 14.1. The smallest absolute Gasteiger partial charge is 0.244 e. The van der Waals surface area contributed by atoms with Gasteiger partial charge in [0.2, 0.25) is 11.8 Å². The largest absolute Gasteiger partial charge is 0.324 e. The second kappa shape index (κ2) is 8.76. The Morgan fingerprint density at radius 1 is 1.07 bits per heavy atom. The van der Waals surface area contributed by atoms with Crippen molar-refractivity contribution >= 4 is 17.5 Å². The first-order chi connectivity index (χ1) is 14.1. The van der Waals surface area contributed by atoms with E-state index in [1.54, 1.807) is 11.0 Å². The van der Waals surface area contributed by atoms with Crippen molar-refractivity contribution in [2.45, 2.75) is 51.0 Å². The lowest BCUT2D eigenvalue weighted by atomic mass is 9.86. The van der Waals surface area contributed by atoms with E-state index in [4.69, 9.17) is 0 Å². The van der Waals surface area contributed by atoms with Crippen LogP contribution in [0.5, 0.6) is 0 Å². The highest BCUT2D eigenvalue weighted by atomic mass is 19.1. The summed E-state index contributed by atoms with van der Waals surface area (Å²) < 4.78 is 14.1. The van der Waals surface area contributed by atoms with Crippen molar-refractivity contribution in [3.05, 3.63) is 65.5 Å². The van der Waals surface area contributed by atoms with E-state index in [-0.39, 0.29) is 24.2 Å². The van der Waals surface area contributed by atoms with Crippen LogP contribution in [0.1, 0.15) is 62.1 Å². The summed E-state index contributed by atoms with van der Waals surface area (Å²) in [5.74, 6) is -0.0807. The molecule has 5 heteroatoms. The van der Waals surface area contributed by atoms with Gasteiger partial charge in [0.15, 0.2) is 0 Å². The van der Waals surface area contributed by atoms with Gasteiger partial charge >= 0.3 is 0 Å². The van der Waals surface area contributed by atoms with Crippen molar-refractivity contribution in [1.29, 1.82) is 0 Å². The molecule has 1 atom stereocenters. The van der Waals surface area contributed by atoms with Gasteiger partial charge in [-0.05, 0) is 36.1 Å². The van der Waals surface area contributed by atoms with Crippen LogP contribution in [0.3, 0.4) is 0 Å². The Bertz CT molecular complexity index is 878. The second-order valence-electron chi connectivity index (χ2n) is 8.16. The zero-order valence-corrected chi connectivity index (χ0v) is 16.6. The number of nitrogens with zero attached hydrogens (tertiary/aromatic N) is 1. The average molecular weight is 394 g/mol. The Kier molecular flexibility index (Phi) is 5.93. The van der Waals surface area contributed by atoms with Gasteiger partial charge in [-0.3, -0.25) is 9.59 Å². The minimum atomic E-state index is -0.486. The molecular weight excluding hydrogens is 367 g/mol. The van der Waals surface area contributed by atoms with Crippen LogP contribution in [0.15, 0.2) is 48.5 Å². The van der Waals surface area contributed by atoms with E-state index in [1.165, 1.54) is 44.2 Å². The molecule has 0 saturated heterocycles. The first kappa shape index (κ1) is 19.6. The van der Waals surface area contributed by atoms with E-state index < -0.39 is 6.04 Å². The van der Waals surface area contributed by atoms with E-state index >= 15 is 0 Å². The average Bonchev–Trinajstić information content (AvgIpc) is 2.89. The fraction of sp³-hybridized carbons (Fsp3) is 0.417. The second-order valence-corrected chi connectivity index (χ2v) is 8.16. The van der Waals surface area contributed by atoms with Crippen LogP contribution in [-0.4, -0.2) is 23.3 Å². The summed E-state index contributed by atoms with van der Waals surface area (Å²) in [6.07, 6.45) is 7.41. The number of nitrogens with one attached hydrogen (secondary N) is 1. The van der Waals surface area contributed by atoms with E-state index in [0.29, 0.717) is 23.6 Å². The van der Waals surface area contributed by atoms with Gasteiger partial charge < -0.3 is 10.2 Å². The molecule has 1 saturated carbocycles. The number of rotatable bonds is 4. The lowest BCUT2D eigenvalue weighted by Crippen LogP contribution is -2.39. The highest BCUT2D eigenvalue weighted by molar-refractivity contribution is 5.97. The molecule has 4 rings (SSSR count). The maximum atomic E-state index is 14.1. The predicted octanol–water partition coefficient (Wildman–Crippen LogP) is 5.06. The van der Waals surface area contributed by atoms with Crippen molar-refractivity contribution < 1.29 is 14.0 Å². The van der Waals surface area contributed by atoms with Crippen LogP contribution >= 0.6 is 0 Å². The fourth-order valence-electron chi connectivity index (χ4n) is 4.65. The third-order valence-corrected chi connectivity index (χ3v) is 6.13. The molecule has 0 unspecified atom stereocenters. The lowest BCUT2D eigenvalue weighted by Gasteiger charge is -2.31. The molecule has 1 N–H and O–H groups in total. The summed E-state index contributed by atoms with van der Waals surface area (Å²) in [4.78, 5) is 27.4. The standard InChI is InChI=1S/C24H27FN2O2/c25-19-12-13-21-20(15-19)24(18-9-5-2-6-10-18)27(16-22(28)26-21)23(29)14-11-17-7-3-1-4-8-17/h2,5-6,9-10,12-13,15,17,24H,1,3-4,7-8,11,14,16H2,(H,26,28)/t24-/m0/s1. The molecule has 0 spiro atoms. The number of benzene rings is 2. The molecular formula is C24H27FN2O2. The van der Waals surface area contributed by atoms with Crippen LogP contribution in [0.4, 0.5) is 10.1 Å². The third kappa shape index (κ3) is 4.50. The highest BCUT2D eigenvalue weighted by Crippen LogP contribution is 2.37. The fourth-order valence-corrected chi connectivity index (χ4v) is 4.65. The molecule has 1 aliphatic heterocycles. The quantitative estimate of drug-likeness (QED) is 0.788. The van der Waals surface area contributed by atoms with Gasteiger partial charge in [-0.2, -0.15) is 0 Å². The maximum Gasteiger partial charge on any atom is 0.244 e. The SMILES string of the molecule is O=C1CN(C(=O)CCC2CCCCC2)[C@@H](c2ccccc2)c2cc(F)ccc2N1. The summed E-state index contributed by atoms with van der Waals surface area (Å²) in [7, 11) is 0. The number of carbonyl (C=O) groups is 2. The Balaban J connectivity index is 1.66. The summed E-state index contributed by atoms with van der Waals surface area (Å²) in [6.45, 7) is -0.0284. The Morgan fingerprint density at radius 3 is 2.59 bits per heavy atom. The zero-order chi connectivity index (χ0) is 20.2. The molecule has 1 aliphatic carbocycles. The van der Waals surface area contributed by atoms with Crippen LogP contribution < -0.4 is 5.32 Å². The number of fused-ring (bicyclic) bond motifs is 1. The minimum absolute atomic E-state index is 0.0284. The van der Waals surface area contributed by atoms with Crippen molar-refractivity contribution in [3.63, 3.8) is 0 Å². The minimum Gasteiger partial charge on any atom is -0.324 e. The molecule has 2 amide bonds. The van der Waals surface area contributed by atoms with E-state index in [0.717, 1.165) is 12.0 Å². The number of anilines is 1. The van der Waals surface area contributed by atoms with Gasteiger partial charge in [0, 0.05) is 17.7 Å². The molecule has 0 radical (unpaired) electrons. The lowest BCUT2D eigenvalue weighted by molar-refractivity contribution is -0.136. The number of hydrogen-bond donors (Lipinski definition) is 1. The Morgan fingerprint density at radius 2 is 1.83 bits per heavy atom. The summed E-state index contributed by atoms with van der Waals surface area (Å²) in [5, 5.41) is 2.84. The van der Waals surface area contributed by atoms with Crippen LogP contribution in [0, 0.1) is 11.7 Å². The van der Waals surface area contributed by atoms with Gasteiger partial charge in [-0.15, -0.1) is 0 Å². The van der Waals surface area contributed by atoms with Crippen LogP contribution in [0.2, 0.25) is 0 Å². The third-order valence-electron chi connectivity index (χ3n) is 6.13. The van der Waals surface area contributed by atoms with Gasteiger partial charge in [0.1, 0.15) is 12.4 Å². The molecule has 0 bridgehead atoms. The number of hydrogen-bond acceptors (Lipinski definition) is 2. The molecule has 2 aromatic rings. The normalized spacial score (nSPS) is 20.0. The Labute approximate surface area is 171 Å². The van der Waals surface area contributed by atoms with Crippen molar-refractivity contribution in [1.82, 2.24) is 4.90 Å². The highest BCUT2D eigenvalue weighted by Gasteiger charge is 2.33. The summed E-state index contributed by atoms with van der Waals surface area (Å²) in [5.41, 5.74) is 2.06. The van der Waals surface area contributed by atoms with Crippen molar-refractivity contribution in [2.24, 2.45) is 5.92 Å². The van der Waals surface area contributed by atoms with E-state index in [2.05, 4.69) is 5.32 Å². The number of amides is 2. The summed E-state index contributed by atoms with van der Waals surface area (Å²) >= 11 is 0. The van der Waals surface area contributed by atoms with Gasteiger partial charge in [-0.25, -0.2) is 4.39 Å². The van der Waals surface area contributed by atoms with E-state index in [9.17, 15) is 14.0 Å². The molecule has 29 heavy (non-hydrogen) atoms. The van der Waals surface area contributed by atoms with Crippen molar-refractivity contribution in [3.8, 4) is 0 Å². The van der Waals surface area contributed by atoms with Crippen molar-refractivity contribution in [2.75, 3.05) is 11.9 Å². The molecule has 152 valence electrons. The van der Waals surface area contributed by atoms with Gasteiger partial charge in [0.05, 0.1) is 6.04 Å². The van der Waals surface area contributed by atoms with Gasteiger partial charge in [-0.1, -0.05) is 62.4 Å². The first-order valence-corrected chi connectivity index (χ1v) is 10.6. The molecule has 1 heterocycles. The molecule has 2 aliphatic rings. The van der Waals surface area contributed by atoms with E-state index in [1.807, 2.05) is 30.3 Å². The predicted molar refractivity (Wildman–Crippen MR) is 111 cm³/mol. The molecule has 1 fully saturated rings. The van der Waals surface area contributed by atoms with Crippen LogP contribution in [-0.2, 0) is 9.59 Å². The molecule has 4 nitrogen and oxygen atoms in total. The zero-order valence-electron chi connectivity index (χ0n) is 16.6. The monoisotopic (exact) mass is 394 g/mol. The molecule has 2 aromatic carbocycles. The topological polar surface area (TPSA) is 49.4 Å². The number of carbonyl (C=O) groups excluding carboxylic acids is 2.